The third-order valence-corrected chi connectivity index (χ3v) is 2.68. The van der Waals surface area contributed by atoms with Gasteiger partial charge in [-0.15, -0.1) is 11.6 Å². The van der Waals surface area contributed by atoms with Gasteiger partial charge in [-0.3, -0.25) is 0 Å². The van der Waals surface area contributed by atoms with Gasteiger partial charge < -0.3 is 10.1 Å². The fraction of sp³-hybridized carbons (Fsp3) is 1.00. The summed E-state index contributed by atoms with van der Waals surface area (Å²) in [6, 6.07) is 0.424. The first-order valence-corrected chi connectivity index (χ1v) is 5.27. The smallest absolute Gasteiger partial charge is 0.0588 e. The molecule has 2 unspecified atom stereocenters. The highest BCUT2D eigenvalue weighted by Gasteiger charge is 2.14. The quantitative estimate of drug-likeness (QED) is 0.669. The van der Waals surface area contributed by atoms with E-state index in [0.717, 1.165) is 19.6 Å². The molecule has 0 aromatic heterocycles. The van der Waals surface area contributed by atoms with E-state index in [4.69, 9.17) is 16.3 Å². The molecular weight excluding hydrogens is 174 g/mol. The number of ether oxygens (including phenoxy) is 1. The molecule has 1 aliphatic heterocycles. The summed E-state index contributed by atoms with van der Waals surface area (Å²) in [5, 5.41) is 3.35. The lowest BCUT2D eigenvalue weighted by Gasteiger charge is -2.13. The van der Waals surface area contributed by atoms with Crippen molar-refractivity contribution in [1.29, 1.82) is 0 Å². The van der Waals surface area contributed by atoms with E-state index in [1.807, 2.05) is 0 Å². The molecule has 1 saturated heterocycles. The molecule has 2 nitrogen and oxygen atoms in total. The SMILES string of the molecule is CC(CCl)NCCC1CCCO1. The van der Waals surface area contributed by atoms with Crippen molar-refractivity contribution in [2.24, 2.45) is 0 Å². The van der Waals surface area contributed by atoms with Gasteiger partial charge in [-0.05, 0) is 32.7 Å². The Morgan fingerprint density at radius 1 is 1.67 bits per heavy atom. The Balaban J connectivity index is 1.94. The van der Waals surface area contributed by atoms with Gasteiger partial charge in [0.2, 0.25) is 0 Å². The van der Waals surface area contributed by atoms with Gasteiger partial charge in [0.05, 0.1) is 6.10 Å². The second-order valence-corrected chi connectivity index (χ2v) is 3.74. The minimum atomic E-state index is 0.424. The van der Waals surface area contributed by atoms with Crippen molar-refractivity contribution in [2.45, 2.75) is 38.3 Å². The molecule has 1 N–H and O–H groups in total. The molecule has 2 atom stereocenters. The van der Waals surface area contributed by atoms with Gasteiger partial charge >= 0.3 is 0 Å². The Bertz CT molecular complexity index is 115. The normalized spacial score (nSPS) is 26.0. The largest absolute Gasteiger partial charge is 0.378 e. The number of hydrogen-bond donors (Lipinski definition) is 1. The van der Waals surface area contributed by atoms with Gasteiger partial charge in [-0.25, -0.2) is 0 Å². The van der Waals surface area contributed by atoms with Gasteiger partial charge in [-0.2, -0.15) is 0 Å². The summed E-state index contributed by atoms with van der Waals surface area (Å²) in [7, 11) is 0. The second kappa shape index (κ2) is 5.79. The van der Waals surface area contributed by atoms with E-state index in [9.17, 15) is 0 Å². The molecule has 0 radical (unpaired) electrons. The van der Waals surface area contributed by atoms with Gasteiger partial charge in [0.15, 0.2) is 0 Å². The van der Waals surface area contributed by atoms with Crippen LogP contribution in [0.1, 0.15) is 26.2 Å². The van der Waals surface area contributed by atoms with Gasteiger partial charge in [0.1, 0.15) is 0 Å². The lowest BCUT2D eigenvalue weighted by Crippen LogP contribution is -2.30. The number of hydrogen-bond acceptors (Lipinski definition) is 2. The van der Waals surface area contributed by atoms with Crippen LogP contribution in [0.4, 0.5) is 0 Å². The summed E-state index contributed by atoms with van der Waals surface area (Å²) in [6.45, 7) is 4.08. The summed E-state index contributed by atoms with van der Waals surface area (Å²) in [4.78, 5) is 0. The Kier molecular flexibility index (Phi) is 4.96. The van der Waals surface area contributed by atoms with E-state index >= 15 is 0 Å². The monoisotopic (exact) mass is 191 g/mol. The van der Waals surface area contributed by atoms with Gasteiger partial charge in [0, 0.05) is 18.5 Å². The first-order valence-electron chi connectivity index (χ1n) is 4.74. The van der Waals surface area contributed by atoms with E-state index in [0.29, 0.717) is 18.0 Å². The Morgan fingerprint density at radius 3 is 3.08 bits per heavy atom. The Morgan fingerprint density at radius 2 is 2.50 bits per heavy atom. The maximum Gasteiger partial charge on any atom is 0.0588 e. The number of rotatable bonds is 5. The zero-order chi connectivity index (χ0) is 8.81. The first-order chi connectivity index (χ1) is 5.83. The van der Waals surface area contributed by atoms with Gasteiger partial charge in [0.25, 0.3) is 0 Å². The average molecular weight is 192 g/mol. The van der Waals surface area contributed by atoms with Crippen LogP contribution in [0.5, 0.6) is 0 Å². The maximum atomic E-state index is 5.65. The van der Waals surface area contributed by atoms with Crippen molar-refractivity contribution in [2.75, 3.05) is 19.0 Å². The molecule has 1 heterocycles. The first kappa shape index (κ1) is 10.3. The predicted octanol–water partition coefficient (Wildman–Crippen LogP) is 1.77. The van der Waals surface area contributed by atoms with Crippen LogP contribution in [-0.4, -0.2) is 31.2 Å². The molecule has 0 amide bonds. The van der Waals surface area contributed by atoms with E-state index in [2.05, 4.69) is 12.2 Å². The third kappa shape index (κ3) is 3.74. The highest BCUT2D eigenvalue weighted by Crippen LogP contribution is 2.14. The molecule has 12 heavy (non-hydrogen) atoms. The molecule has 0 saturated carbocycles. The molecule has 0 spiro atoms. The average Bonchev–Trinajstić information content (AvgIpc) is 2.57. The highest BCUT2D eigenvalue weighted by atomic mass is 35.5. The Labute approximate surface area is 79.6 Å². The van der Waals surface area contributed by atoms with Crippen molar-refractivity contribution in [3.63, 3.8) is 0 Å². The van der Waals surface area contributed by atoms with Crippen LogP contribution in [0.2, 0.25) is 0 Å². The number of halogens is 1. The zero-order valence-corrected chi connectivity index (χ0v) is 8.44. The summed E-state index contributed by atoms with van der Waals surface area (Å²) in [5.74, 6) is 0.686. The lowest BCUT2D eigenvalue weighted by atomic mass is 10.2. The van der Waals surface area contributed by atoms with Crippen LogP contribution in [0, 0.1) is 0 Å². The third-order valence-electron chi connectivity index (χ3n) is 2.21. The molecule has 0 aromatic rings. The number of alkyl halides is 1. The summed E-state index contributed by atoms with van der Waals surface area (Å²) < 4.78 is 5.50. The molecular formula is C9H18ClNO. The van der Waals surface area contributed by atoms with E-state index in [1.54, 1.807) is 0 Å². The fourth-order valence-corrected chi connectivity index (χ4v) is 1.53. The minimum Gasteiger partial charge on any atom is -0.378 e. The van der Waals surface area contributed by atoms with Crippen molar-refractivity contribution >= 4 is 11.6 Å². The highest BCUT2D eigenvalue weighted by molar-refractivity contribution is 6.18. The van der Waals surface area contributed by atoms with E-state index < -0.39 is 0 Å². The number of nitrogens with one attached hydrogen (secondary N) is 1. The van der Waals surface area contributed by atoms with E-state index in [-0.39, 0.29) is 0 Å². The fourth-order valence-electron chi connectivity index (χ4n) is 1.42. The molecule has 72 valence electrons. The lowest BCUT2D eigenvalue weighted by molar-refractivity contribution is 0.104. The predicted molar refractivity (Wildman–Crippen MR) is 51.8 cm³/mol. The summed E-state index contributed by atoms with van der Waals surface area (Å²) >= 11 is 5.65. The van der Waals surface area contributed by atoms with Crippen LogP contribution in [-0.2, 0) is 4.74 Å². The molecule has 1 fully saturated rings. The molecule has 0 bridgehead atoms. The van der Waals surface area contributed by atoms with Crippen molar-refractivity contribution in [1.82, 2.24) is 5.32 Å². The minimum absolute atomic E-state index is 0.424. The van der Waals surface area contributed by atoms with Crippen molar-refractivity contribution in [3.8, 4) is 0 Å². The van der Waals surface area contributed by atoms with Gasteiger partial charge in [-0.1, -0.05) is 0 Å². The molecule has 1 rings (SSSR count). The van der Waals surface area contributed by atoms with E-state index in [1.165, 1.54) is 12.8 Å². The molecule has 3 heteroatoms. The summed E-state index contributed by atoms with van der Waals surface area (Å²) in [6.07, 6.45) is 4.09. The molecule has 0 aliphatic carbocycles. The zero-order valence-electron chi connectivity index (χ0n) is 7.68. The van der Waals surface area contributed by atoms with Crippen molar-refractivity contribution in [3.05, 3.63) is 0 Å². The van der Waals surface area contributed by atoms with Crippen LogP contribution < -0.4 is 5.32 Å². The maximum absolute atomic E-state index is 5.65. The second-order valence-electron chi connectivity index (χ2n) is 3.43. The molecule has 0 aromatic carbocycles. The van der Waals surface area contributed by atoms with Crippen LogP contribution >= 0.6 is 11.6 Å². The summed E-state index contributed by atoms with van der Waals surface area (Å²) in [5.41, 5.74) is 0. The van der Waals surface area contributed by atoms with Crippen LogP contribution in [0.3, 0.4) is 0 Å². The van der Waals surface area contributed by atoms with Crippen molar-refractivity contribution < 1.29 is 4.74 Å². The van der Waals surface area contributed by atoms with Crippen LogP contribution in [0.15, 0.2) is 0 Å². The standard InChI is InChI=1S/C9H18ClNO/c1-8(7-10)11-5-4-9-3-2-6-12-9/h8-9,11H,2-7H2,1H3. The Hall–Kier alpha value is 0.210. The molecule has 1 aliphatic rings. The van der Waals surface area contributed by atoms with Crippen LogP contribution in [0.25, 0.3) is 0 Å². The topological polar surface area (TPSA) is 21.3 Å².